The van der Waals surface area contributed by atoms with E-state index in [4.69, 9.17) is 4.74 Å². The van der Waals surface area contributed by atoms with E-state index >= 15 is 0 Å². The molecule has 170 valence electrons. The number of sulfonamides is 1. The molecule has 0 aromatic heterocycles. The molecule has 1 N–H and O–H groups in total. The molecule has 1 aliphatic rings. The van der Waals surface area contributed by atoms with Crippen LogP contribution in [0.1, 0.15) is 29.8 Å². The van der Waals surface area contributed by atoms with Crippen LogP contribution in [0, 0.1) is 0 Å². The molecular formula is C22H25N3O6S. The zero-order valence-electron chi connectivity index (χ0n) is 18.1. The second-order valence-electron chi connectivity index (χ2n) is 7.25. The Bertz CT molecular complexity index is 1130. The van der Waals surface area contributed by atoms with Gasteiger partial charge >= 0.3 is 0 Å². The highest BCUT2D eigenvalue weighted by Gasteiger charge is 2.43. The fraction of sp³-hybridized carbons (Fsp3) is 0.318. The molecule has 2 aromatic rings. The van der Waals surface area contributed by atoms with Crippen LogP contribution in [-0.4, -0.2) is 61.6 Å². The summed E-state index contributed by atoms with van der Waals surface area (Å²) in [4.78, 5) is 39.5. The van der Waals surface area contributed by atoms with E-state index in [9.17, 15) is 22.8 Å². The Morgan fingerprint density at radius 1 is 1.12 bits per heavy atom. The first-order valence-electron chi connectivity index (χ1n) is 10.1. The molecule has 0 spiro atoms. The van der Waals surface area contributed by atoms with Gasteiger partial charge in [-0.2, -0.15) is 0 Å². The Balaban J connectivity index is 1.88. The highest BCUT2D eigenvalue weighted by atomic mass is 32.2. The minimum Gasteiger partial charge on any atom is -0.497 e. The normalized spacial score (nSPS) is 15.1. The van der Waals surface area contributed by atoms with Crippen LogP contribution in [0.25, 0.3) is 0 Å². The van der Waals surface area contributed by atoms with Gasteiger partial charge in [-0.25, -0.2) is 12.7 Å². The van der Waals surface area contributed by atoms with Crippen molar-refractivity contribution in [1.29, 1.82) is 0 Å². The number of carbonyl (C=O) groups is 3. The highest BCUT2D eigenvalue weighted by molar-refractivity contribution is 7.90. The van der Waals surface area contributed by atoms with E-state index in [1.807, 2.05) is 0 Å². The Labute approximate surface area is 187 Å². The van der Waals surface area contributed by atoms with Crippen molar-refractivity contribution in [2.75, 3.05) is 20.2 Å². The van der Waals surface area contributed by atoms with Crippen LogP contribution in [0.15, 0.2) is 53.4 Å². The van der Waals surface area contributed by atoms with E-state index in [1.54, 1.807) is 44.2 Å². The minimum atomic E-state index is -4.14. The van der Waals surface area contributed by atoms with Crippen LogP contribution in [0.3, 0.4) is 0 Å². The van der Waals surface area contributed by atoms with Gasteiger partial charge in [0.25, 0.3) is 15.9 Å². The predicted molar refractivity (Wildman–Crippen MR) is 116 cm³/mol. The number of nitrogens with one attached hydrogen (secondary N) is 1. The molecule has 0 fully saturated rings. The van der Waals surface area contributed by atoms with Gasteiger partial charge in [0.15, 0.2) is 0 Å². The summed E-state index contributed by atoms with van der Waals surface area (Å²) in [6, 6.07) is 11.9. The van der Waals surface area contributed by atoms with Crippen molar-refractivity contribution < 1.29 is 27.5 Å². The third-order valence-electron chi connectivity index (χ3n) is 5.22. The third kappa shape index (κ3) is 4.45. The van der Waals surface area contributed by atoms with Gasteiger partial charge in [0, 0.05) is 13.1 Å². The van der Waals surface area contributed by atoms with Gasteiger partial charge in [0.1, 0.15) is 23.2 Å². The zero-order valence-corrected chi connectivity index (χ0v) is 18.9. The molecule has 1 heterocycles. The molecule has 0 bridgehead atoms. The number of rotatable bonds is 8. The lowest BCUT2D eigenvalue weighted by molar-refractivity contribution is -0.140. The van der Waals surface area contributed by atoms with E-state index in [0.29, 0.717) is 22.2 Å². The molecule has 0 aliphatic carbocycles. The number of hydrogen-bond donors (Lipinski definition) is 1. The SMILES string of the molecule is CCNC(=O)C(C)N(Cc1ccc(OC)cc1)C(=O)CN1C(=O)c2ccccc2S1(=O)=O. The van der Waals surface area contributed by atoms with E-state index in [-0.39, 0.29) is 22.9 Å². The quantitative estimate of drug-likeness (QED) is 0.638. The van der Waals surface area contributed by atoms with Gasteiger partial charge in [0.2, 0.25) is 11.8 Å². The Morgan fingerprint density at radius 3 is 2.38 bits per heavy atom. The van der Waals surface area contributed by atoms with E-state index in [1.165, 1.54) is 30.2 Å². The monoisotopic (exact) mass is 459 g/mol. The lowest BCUT2D eigenvalue weighted by Gasteiger charge is -2.30. The smallest absolute Gasteiger partial charge is 0.269 e. The maximum Gasteiger partial charge on any atom is 0.269 e. The van der Waals surface area contributed by atoms with Crippen LogP contribution in [-0.2, 0) is 26.2 Å². The number of nitrogens with zero attached hydrogens (tertiary/aromatic N) is 2. The fourth-order valence-electron chi connectivity index (χ4n) is 3.43. The van der Waals surface area contributed by atoms with Crippen molar-refractivity contribution in [3.8, 4) is 5.75 Å². The van der Waals surface area contributed by atoms with Crippen LogP contribution in [0.5, 0.6) is 5.75 Å². The van der Waals surface area contributed by atoms with Crippen molar-refractivity contribution in [3.63, 3.8) is 0 Å². The van der Waals surface area contributed by atoms with E-state index < -0.39 is 34.4 Å². The molecule has 2 aromatic carbocycles. The van der Waals surface area contributed by atoms with Gasteiger partial charge in [-0.1, -0.05) is 24.3 Å². The molecule has 0 saturated heterocycles. The first-order valence-corrected chi connectivity index (χ1v) is 11.5. The number of ether oxygens (including phenoxy) is 1. The maximum absolute atomic E-state index is 13.2. The van der Waals surface area contributed by atoms with Crippen molar-refractivity contribution in [2.24, 2.45) is 0 Å². The summed E-state index contributed by atoms with van der Waals surface area (Å²) >= 11 is 0. The van der Waals surface area contributed by atoms with Crippen LogP contribution < -0.4 is 10.1 Å². The Morgan fingerprint density at radius 2 is 1.78 bits per heavy atom. The number of benzene rings is 2. The fourth-order valence-corrected chi connectivity index (χ4v) is 4.95. The molecule has 3 amide bonds. The van der Waals surface area contributed by atoms with E-state index in [0.717, 1.165) is 0 Å². The Kier molecular flexibility index (Phi) is 6.83. The molecule has 9 nitrogen and oxygen atoms in total. The molecule has 1 aliphatic heterocycles. The van der Waals surface area contributed by atoms with Gasteiger partial charge in [0.05, 0.1) is 12.7 Å². The first kappa shape index (κ1) is 23.3. The number of amides is 3. The first-order chi connectivity index (χ1) is 15.2. The van der Waals surface area contributed by atoms with Gasteiger partial charge in [-0.3, -0.25) is 14.4 Å². The molecule has 0 saturated carbocycles. The Hall–Kier alpha value is -3.40. The molecule has 10 heteroatoms. The van der Waals surface area contributed by atoms with Crippen molar-refractivity contribution >= 4 is 27.7 Å². The molecular weight excluding hydrogens is 434 g/mol. The van der Waals surface area contributed by atoms with Crippen LogP contribution in [0.4, 0.5) is 0 Å². The average Bonchev–Trinajstić information content (AvgIpc) is 2.98. The molecule has 1 atom stereocenters. The summed E-state index contributed by atoms with van der Waals surface area (Å²) in [5.74, 6) is -1.17. The van der Waals surface area contributed by atoms with Gasteiger partial charge in [-0.15, -0.1) is 0 Å². The molecule has 3 rings (SSSR count). The summed E-state index contributed by atoms with van der Waals surface area (Å²) in [5, 5.41) is 2.67. The average molecular weight is 460 g/mol. The highest BCUT2D eigenvalue weighted by Crippen LogP contribution is 2.30. The summed E-state index contributed by atoms with van der Waals surface area (Å²) in [5.41, 5.74) is 0.743. The number of methoxy groups -OCH3 is 1. The molecule has 32 heavy (non-hydrogen) atoms. The number of hydrogen-bond acceptors (Lipinski definition) is 6. The van der Waals surface area contributed by atoms with Gasteiger partial charge in [-0.05, 0) is 43.7 Å². The summed E-state index contributed by atoms with van der Waals surface area (Å²) in [7, 11) is -2.61. The third-order valence-corrected chi connectivity index (χ3v) is 7.01. The topological polar surface area (TPSA) is 113 Å². The molecule has 1 unspecified atom stereocenters. The number of carbonyl (C=O) groups excluding carboxylic acids is 3. The molecule has 0 radical (unpaired) electrons. The predicted octanol–water partition coefficient (Wildman–Crippen LogP) is 1.39. The van der Waals surface area contributed by atoms with Crippen LogP contribution >= 0.6 is 0 Å². The van der Waals surface area contributed by atoms with Crippen molar-refractivity contribution in [2.45, 2.75) is 31.3 Å². The van der Waals surface area contributed by atoms with Crippen LogP contribution in [0.2, 0.25) is 0 Å². The lowest BCUT2D eigenvalue weighted by atomic mass is 10.1. The minimum absolute atomic E-state index is 0.0266. The second-order valence-corrected chi connectivity index (χ2v) is 9.08. The zero-order chi connectivity index (χ0) is 23.5. The number of likely N-dealkylation sites (N-methyl/N-ethyl adjacent to an activating group) is 1. The summed E-state index contributed by atoms with van der Waals surface area (Å²) < 4.78 is 31.4. The van der Waals surface area contributed by atoms with Gasteiger partial charge < -0.3 is 15.0 Å². The standard InChI is InChI=1S/C22H25N3O6S/c1-4-23-21(27)15(2)24(13-16-9-11-17(31-3)12-10-16)20(26)14-25-22(28)18-7-5-6-8-19(18)32(25,29)30/h5-12,15H,4,13-14H2,1-3H3,(H,23,27). The second kappa shape index (κ2) is 9.39. The van der Waals surface area contributed by atoms with E-state index in [2.05, 4.69) is 5.32 Å². The summed E-state index contributed by atoms with van der Waals surface area (Å²) in [6.45, 7) is 3.04. The van der Waals surface area contributed by atoms with Crippen molar-refractivity contribution in [3.05, 3.63) is 59.7 Å². The largest absolute Gasteiger partial charge is 0.497 e. The lowest BCUT2D eigenvalue weighted by Crippen LogP contribution is -2.51. The maximum atomic E-state index is 13.2. The van der Waals surface area contributed by atoms with Crippen molar-refractivity contribution in [1.82, 2.24) is 14.5 Å². The number of fused-ring (bicyclic) bond motifs is 1. The summed E-state index contributed by atoms with van der Waals surface area (Å²) in [6.07, 6.45) is 0.